The molecule has 0 radical (unpaired) electrons. The first-order valence-corrected chi connectivity index (χ1v) is 7.55. The lowest BCUT2D eigenvalue weighted by Gasteiger charge is -2.24. The Morgan fingerprint density at radius 3 is 1.85 bits per heavy atom. The first-order valence-electron chi connectivity index (χ1n) is 5.02. The Balaban J connectivity index is 4.02. The van der Waals surface area contributed by atoms with Gasteiger partial charge in [-0.3, -0.25) is 0 Å². The molecule has 0 aliphatic carbocycles. The first-order chi connectivity index (χ1) is 6.14. The molecule has 0 N–H and O–H groups in total. The molecule has 0 aliphatic heterocycles. The van der Waals surface area contributed by atoms with Gasteiger partial charge in [0.25, 0.3) is 8.32 Å². The first kappa shape index (κ1) is 12.6. The van der Waals surface area contributed by atoms with Crippen LogP contribution in [0.25, 0.3) is 0 Å². The van der Waals surface area contributed by atoms with Crippen molar-refractivity contribution in [2.75, 3.05) is 0 Å². The number of hydrogen-bond donors (Lipinski definition) is 0. The molecule has 78 valence electrons. The summed E-state index contributed by atoms with van der Waals surface area (Å²) in [6, 6.07) is 2.99. The lowest BCUT2D eigenvalue weighted by atomic mass is 10.5. The molecule has 0 aromatic rings. The number of hydrogen-bond acceptors (Lipinski definition) is 3. The summed E-state index contributed by atoms with van der Waals surface area (Å²) < 4.78 is 5.32. The Bertz CT molecular complexity index is 147. The van der Waals surface area contributed by atoms with Crippen LogP contribution in [-0.2, 0) is 14.3 Å². The Kier molecular flexibility index (Phi) is 5.99. The summed E-state index contributed by atoms with van der Waals surface area (Å²) in [5.41, 5.74) is 0. The van der Waals surface area contributed by atoms with Crippen molar-refractivity contribution in [2.24, 2.45) is 0 Å². The number of carbonyl (C=O) groups excluding carboxylic acids is 1. The maximum atomic E-state index is 10.9. The van der Waals surface area contributed by atoms with E-state index in [9.17, 15) is 4.79 Å². The van der Waals surface area contributed by atoms with Gasteiger partial charge in [0.2, 0.25) is 0 Å². The van der Waals surface area contributed by atoms with Crippen LogP contribution in [0, 0.1) is 0 Å². The van der Waals surface area contributed by atoms with E-state index in [0.29, 0.717) is 6.42 Å². The molecule has 0 fully saturated rings. The zero-order chi connectivity index (χ0) is 10.3. The highest BCUT2D eigenvalue weighted by Crippen LogP contribution is 2.21. The van der Waals surface area contributed by atoms with Gasteiger partial charge in [0.1, 0.15) is 0 Å². The Morgan fingerprint density at radius 2 is 1.54 bits per heavy atom. The molecule has 0 spiro atoms. The molecule has 4 heteroatoms. The molecule has 0 aliphatic rings. The van der Waals surface area contributed by atoms with Crippen molar-refractivity contribution in [2.45, 2.75) is 52.2 Å². The summed E-state index contributed by atoms with van der Waals surface area (Å²) in [4.78, 5) is 15.6. The molecule has 0 unspecified atom stereocenters. The van der Waals surface area contributed by atoms with E-state index < -0.39 is 8.32 Å². The molecular weight excluding hydrogens is 184 g/mol. The fraction of sp³-hybridized carbons (Fsp3) is 0.889. The van der Waals surface area contributed by atoms with Crippen LogP contribution in [0.4, 0.5) is 0 Å². The molecule has 13 heavy (non-hydrogen) atoms. The van der Waals surface area contributed by atoms with Crippen molar-refractivity contribution in [3.8, 4) is 0 Å². The van der Waals surface area contributed by atoms with Gasteiger partial charge in [-0.1, -0.05) is 27.7 Å². The Labute approximate surface area is 81.5 Å². The average molecular weight is 204 g/mol. The van der Waals surface area contributed by atoms with Crippen molar-refractivity contribution in [1.29, 1.82) is 0 Å². The van der Waals surface area contributed by atoms with Crippen molar-refractivity contribution >= 4 is 14.3 Å². The van der Waals surface area contributed by atoms with Crippen LogP contribution in [0.1, 0.15) is 34.1 Å². The smallest absolute Gasteiger partial charge is 0.310 e. The van der Waals surface area contributed by atoms with E-state index in [2.05, 4.69) is 20.8 Å². The normalized spacial score (nSPS) is 11.4. The second-order valence-electron chi connectivity index (χ2n) is 3.14. The third-order valence-electron chi connectivity index (χ3n) is 2.53. The van der Waals surface area contributed by atoms with Crippen LogP contribution in [0.5, 0.6) is 0 Å². The monoisotopic (exact) mass is 204 g/mol. The number of carbonyl (C=O) groups is 1. The highest BCUT2D eigenvalue weighted by Gasteiger charge is 2.32. The molecule has 0 saturated heterocycles. The second kappa shape index (κ2) is 6.15. The molecule has 0 heterocycles. The van der Waals surface area contributed by atoms with Crippen LogP contribution in [0.2, 0.25) is 18.1 Å². The van der Waals surface area contributed by atoms with Crippen LogP contribution in [0.3, 0.4) is 0 Å². The maximum Gasteiger partial charge on any atom is 0.340 e. The molecule has 0 amide bonds. The summed E-state index contributed by atoms with van der Waals surface area (Å²) in [6.07, 6.45) is 0.377. The fourth-order valence-electron chi connectivity index (χ4n) is 1.12. The largest absolute Gasteiger partial charge is 0.340 e. The van der Waals surface area contributed by atoms with Gasteiger partial charge in [0.05, 0.1) is 0 Å². The van der Waals surface area contributed by atoms with Gasteiger partial charge < -0.3 is 4.89 Å². The summed E-state index contributed by atoms with van der Waals surface area (Å²) in [5, 5.41) is 0. The van der Waals surface area contributed by atoms with E-state index in [4.69, 9.17) is 9.46 Å². The topological polar surface area (TPSA) is 35.5 Å². The summed E-state index contributed by atoms with van der Waals surface area (Å²) in [5.74, 6) is -0.271. The summed E-state index contributed by atoms with van der Waals surface area (Å²) in [7, 11) is -1.74. The zero-order valence-electron chi connectivity index (χ0n) is 9.05. The second-order valence-corrected chi connectivity index (χ2v) is 7.79. The van der Waals surface area contributed by atoms with Gasteiger partial charge >= 0.3 is 5.97 Å². The highest BCUT2D eigenvalue weighted by molar-refractivity contribution is 6.73. The molecule has 0 saturated carbocycles. The van der Waals surface area contributed by atoms with Crippen molar-refractivity contribution in [3.05, 3.63) is 0 Å². The lowest BCUT2D eigenvalue weighted by molar-refractivity contribution is -0.220. The van der Waals surface area contributed by atoms with Crippen molar-refractivity contribution < 1.29 is 14.3 Å². The van der Waals surface area contributed by atoms with Gasteiger partial charge in [-0.05, 0) is 18.1 Å². The van der Waals surface area contributed by atoms with Gasteiger partial charge in [-0.25, -0.2) is 9.37 Å². The molecular formula is C9H20O3Si. The number of rotatable bonds is 6. The third kappa shape index (κ3) is 3.91. The predicted octanol–water partition coefficient (Wildman–Crippen LogP) is 2.88. The van der Waals surface area contributed by atoms with Crippen molar-refractivity contribution in [1.82, 2.24) is 0 Å². The van der Waals surface area contributed by atoms with Gasteiger partial charge in [-0.15, -0.1) is 0 Å². The van der Waals surface area contributed by atoms with E-state index in [1.807, 2.05) is 0 Å². The summed E-state index contributed by atoms with van der Waals surface area (Å²) >= 11 is 0. The summed E-state index contributed by atoms with van der Waals surface area (Å²) in [6.45, 7) is 8.05. The standard InChI is InChI=1S/C9H20O3Si/c1-5-9(10)11-12-13(6-2,7-3)8-4/h5-8H2,1-4H3. The average Bonchev–Trinajstić information content (AvgIpc) is 2.20. The minimum absolute atomic E-state index is 0.271. The Hall–Kier alpha value is -0.353. The molecule has 0 bridgehead atoms. The van der Waals surface area contributed by atoms with Crippen LogP contribution in [-0.4, -0.2) is 14.3 Å². The molecule has 0 rings (SSSR count). The van der Waals surface area contributed by atoms with Gasteiger partial charge in [-0.2, -0.15) is 0 Å². The van der Waals surface area contributed by atoms with E-state index >= 15 is 0 Å². The quantitative estimate of drug-likeness (QED) is 0.379. The Morgan fingerprint density at radius 1 is 1.08 bits per heavy atom. The zero-order valence-corrected chi connectivity index (χ0v) is 10.1. The lowest BCUT2D eigenvalue weighted by Crippen LogP contribution is -2.36. The SMILES string of the molecule is CCC(=O)OO[Si](CC)(CC)CC. The van der Waals surface area contributed by atoms with E-state index in [1.54, 1.807) is 6.92 Å². The van der Waals surface area contributed by atoms with E-state index in [-0.39, 0.29) is 5.97 Å². The minimum Gasteiger partial charge on any atom is -0.310 e. The van der Waals surface area contributed by atoms with Crippen molar-refractivity contribution in [3.63, 3.8) is 0 Å². The van der Waals surface area contributed by atoms with Gasteiger partial charge in [0.15, 0.2) is 0 Å². The maximum absolute atomic E-state index is 10.9. The molecule has 0 atom stereocenters. The fourth-order valence-corrected chi connectivity index (χ4v) is 3.24. The van der Waals surface area contributed by atoms with Crippen LogP contribution >= 0.6 is 0 Å². The minimum atomic E-state index is -1.74. The van der Waals surface area contributed by atoms with E-state index in [0.717, 1.165) is 18.1 Å². The predicted molar refractivity (Wildman–Crippen MR) is 54.7 cm³/mol. The molecule has 0 aromatic heterocycles. The van der Waals surface area contributed by atoms with Gasteiger partial charge in [0, 0.05) is 6.42 Å². The highest BCUT2D eigenvalue weighted by atomic mass is 28.4. The van der Waals surface area contributed by atoms with Crippen LogP contribution < -0.4 is 0 Å². The van der Waals surface area contributed by atoms with Crippen LogP contribution in [0.15, 0.2) is 0 Å². The molecule has 3 nitrogen and oxygen atoms in total. The van der Waals surface area contributed by atoms with E-state index in [1.165, 1.54) is 0 Å². The third-order valence-corrected chi connectivity index (χ3v) is 6.84. The molecule has 0 aromatic carbocycles.